The van der Waals surface area contributed by atoms with E-state index in [4.69, 9.17) is 0 Å². The van der Waals surface area contributed by atoms with Gasteiger partial charge in [0.1, 0.15) is 22.5 Å². The summed E-state index contributed by atoms with van der Waals surface area (Å²) in [6.07, 6.45) is 1.06. The van der Waals surface area contributed by atoms with E-state index in [1.807, 2.05) is 20.8 Å². The standard InChI is InChI=1S/C12H18N6S/c1-5-6-13-10-7(2)11(15-8(3)14-10)19-12-16-9(4)17-18-12/h5-6H2,1-4H3,(H,13,14,15)(H,16,17,18). The summed E-state index contributed by atoms with van der Waals surface area (Å²) in [5, 5.41) is 11.8. The van der Waals surface area contributed by atoms with Crippen molar-refractivity contribution in [3.05, 3.63) is 17.2 Å². The SMILES string of the molecule is CCCNc1nc(C)nc(Sc2n[nH]c(C)n2)c1C. The maximum absolute atomic E-state index is 4.46. The highest BCUT2D eigenvalue weighted by molar-refractivity contribution is 7.99. The van der Waals surface area contributed by atoms with Crippen LogP contribution in [0.1, 0.15) is 30.6 Å². The van der Waals surface area contributed by atoms with Crippen LogP contribution in [0.25, 0.3) is 0 Å². The van der Waals surface area contributed by atoms with Crippen molar-refractivity contribution in [1.29, 1.82) is 0 Å². The summed E-state index contributed by atoms with van der Waals surface area (Å²) < 4.78 is 0. The van der Waals surface area contributed by atoms with Crippen molar-refractivity contribution in [3.63, 3.8) is 0 Å². The van der Waals surface area contributed by atoms with E-state index < -0.39 is 0 Å². The van der Waals surface area contributed by atoms with Crippen LogP contribution < -0.4 is 5.32 Å². The summed E-state index contributed by atoms with van der Waals surface area (Å²) in [5.74, 6) is 2.44. The predicted octanol–water partition coefficient (Wildman–Crippen LogP) is 2.49. The average molecular weight is 278 g/mol. The molecule has 0 radical (unpaired) electrons. The second kappa shape index (κ2) is 6.01. The summed E-state index contributed by atoms with van der Waals surface area (Å²) in [5.41, 5.74) is 1.03. The lowest BCUT2D eigenvalue weighted by Crippen LogP contribution is -2.07. The maximum atomic E-state index is 4.46. The van der Waals surface area contributed by atoms with Crippen LogP contribution in [0.4, 0.5) is 5.82 Å². The van der Waals surface area contributed by atoms with Crippen molar-refractivity contribution in [2.24, 2.45) is 0 Å². The van der Waals surface area contributed by atoms with E-state index in [2.05, 4.69) is 37.4 Å². The van der Waals surface area contributed by atoms with Crippen molar-refractivity contribution < 1.29 is 0 Å². The largest absolute Gasteiger partial charge is 0.370 e. The molecule has 0 aliphatic heterocycles. The first-order valence-corrected chi connectivity index (χ1v) is 7.07. The highest BCUT2D eigenvalue weighted by Gasteiger charge is 2.12. The van der Waals surface area contributed by atoms with Gasteiger partial charge in [0, 0.05) is 12.1 Å². The predicted molar refractivity (Wildman–Crippen MR) is 75.5 cm³/mol. The molecule has 0 saturated carbocycles. The molecule has 0 atom stereocenters. The number of rotatable bonds is 5. The normalized spacial score (nSPS) is 10.7. The van der Waals surface area contributed by atoms with Gasteiger partial charge in [-0.05, 0) is 39.0 Å². The van der Waals surface area contributed by atoms with Crippen LogP contribution in [0.2, 0.25) is 0 Å². The molecule has 0 bridgehead atoms. The number of aryl methyl sites for hydroxylation is 2. The molecule has 0 amide bonds. The summed E-state index contributed by atoms with van der Waals surface area (Å²) in [6.45, 7) is 8.82. The highest BCUT2D eigenvalue weighted by Crippen LogP contribution is 2.29. The molecule has 2 aromatic rings. The molecule has 2 heterocycles. The first kappa shape index (κ1) is 13.8. The number of nitrogens with one attached hydrogen (secondary N) is 2. The van der Waals surface area contributed by atoms with Gasteiger partial charge >= 0.3 is 0 Å². The van der Waals surface area contributed by atoms with Crippen LogP contribution in [0, 0.1) is 20.8 Å². The van der Waals surface area contributed by atoms with Crippen molar-refractivity contribution in [1.82, 2.24) is 25.1 Å². The third-order valence-electron chi connectivity index (χ3n) is 2.52. The zero-order valence-corrected chi connectivity index (χ0v) is 12.4. The number of anilines is 1. The number of aromatic amines is 1. The third kappa shape index (κ3) is 3.44. The van der Waals surface area contributed by atoms with Crippen LogP contribution in [-0.4, -0.2) is 31.7 Å². The minimum Gasteiger partial charge on any atom is -0.370 e. The Labute approximate surface area is 116 Å². The molecule has 7 heteroatoms. The molecule has 102 valence electrons. The Kier molecular flexibility index (Phi) is 4.36. The topological polar surface area (TPSA) is 79.4 Å². The quantitative estimate of drug-likeness (QED) is 0.818. The van der Waals surface area contributed by atoms with E-state index in [1.165, 1.54) is 11.8 Å². The fourth-order valence-electron chi connectivity index (χ4n) is 1.57. The molecule has 0 saturated heterocycles. The van der Waals surface area contributed by atoms with E-state index in [0.29, 0.717) is 5.16 Å². The average Bonchev–Trinajstić information content (AvgIpc) is 2.77. The molecular formula is C12H18N6S. The number of hydrogen-bond donors (Lipinski definition) is 2. The van der Waals surface area contributed by atoms with E-state index in [-0.39, 0.29) is 0 Å². The Morgan fingerprint density at radius 3 is 2.58 bits per heavy atom. The molecule has 0 aliphatic rings. The van der Waals surface area contributed by atoms with Crippen LogP contribution in [0.3, 0.4) is 0 Å². The molecule has 2 rings (SSSR count). The van der Waals surface area contributed by atoms with Gasteiger partial charge in [0.25, 0.3) is 0 Å². The molecule has 2 N–H and O–H groups in total. The Bertz CT molecular complexity index is 565. The zero-order chi connectivity index (χ0) is 13.8. The summed E-state index contributed by atoms with van der Waals surface area (Å²) >= 11 is 1.45. The fraction of sp³-hybridized carbons (Fsp3) is 0.500. The van der Waals surface area contributed by atoms with Gasteiger partial charge in [-0.15, -0.1) is 5.10 Å². The number of H-pyrrole nitrogens is 1. The minimum absolute atomic E-state index is 0.681. The number of hydrogen-bond acceptors (Lipinski definition) is 6. The fourth-order valence-corrected chi connectivity index (χ4v) is 2.45. The first-order valence-electron chi connectivity index (χ1n) is 6.26. The smallest absolute Gasteiger partial charge is 0.214 e. The number of aromatic nitrogens is 5. The van der Waals surface area contributed by atoms with Crippen LogP contribution in [0.15, 0.2) is 10.2 Å². The number of nitrogens with zero attached hydrogens (tertiary/aromatic N) is 4. The molecule has 0 unspecified atom stereocenters. The van der Waals surface area contributed by atoms with Gasteiger partial charge < -0.3 is 5.32 Å². The third-order valence-corrected chi connectivity index (χ3v) is 3.48. The second-order valence-electron chi connectivity index (χ2n) is 4.28. The molecule has 2 aromatic heterocycles. The lowest BCUT2D eigenvalue weighted by molar-refractivity contribution is 0.901. The van der Waals surface area contributed by atoms with Gasteiger partial charge in [-0.3, -0.25) is 5.10 Å². The molecule has 0 spiro atoms. The molecule has 0 fully saturated rings. The van der Waals surface area contributed by atoms with Crippen molar-refractivity contribution >= 4 is 17.6 Å². The minimum atomic E-state index is 0.681. The van der Waals surface area contributed by atoms with Gasteiger partial charge in [-0.2, -0.15) is 0 Å². The Hall–Kier alpha value is -1.63. The van der Waals surface area contributed by atoms with Crippen LogP contribution in [0.5, 0.6) is 0 Å². The van der Waals surface area contributed by atoms with E-state index in [9.17, 15) is 0 Å². The molecule has 6 nitrogen and oxygen atoms in total. The molecule has 0 aromatic carbocycles. The second-order valence-corrected chi connectivity index (χ2v) is 5.24. The monoisotopic (exact) mass is 278 g/mol. The van der Waals surface area contributed by atoms with Crippen LogP contribution in [-0.2, 0) is 0 Å². The Morgan fingerprint density at radius 1 is 1.16 bits per heavy atom. The van der Waals surface area contributed by atoms with E-state index in [0.717, 1.165) is 41.0 Å². The highest BCUT2D eigenvalue weighted by atomic mass is 32.2. The van der Waals surface area contributed by atoms with Crippen molar-refractivity contribution in [2.75, 3.05) is 11.9 Å². The Balaban J connectivity index is 2.26. The summed E-state index contributed by atoms with van der Waals surface area (Å²) in [7, 11) is 0. The van der Waals surface area contributed by atoms with Gasteiger partial charge in [-0.25, -0.2) is 15.0 Å². The summed E-state index contributed by atoms with van der Waals surface area (Å²) in [4.78, 5) is 13.2. The lowest BCUT2D eigenvalue weighted by Gasteiger charge is -2.11. The van der Waals surface area contributed by atoms with Gasteiger partial charge in [0.15, 0.2) is 0 Å². The van der Waals surface area contributed by atoms with Crippen molar-refractivity contribution in [2.45, 2.75) is 44.3 Å². The van der Waals surface area contributed by atoms with Crippen LogP contribution >= 0.6 is 11.8 Å². The lowest BCUT2D eigenvalue weighted by atomic mass is 10.3. The van der Waals surface area contributed by atoms with Gasteiger partial charge in [0.2, 0.25) is 5.16 Å². The van der Waals surface area contributed by atoms with Gasteiger partial charge in [-0.1, -0.05) is 6.92 Å². The van der Waals surface area contributed by atoms with Crippen molar-refractivity contribution in [3.8, 4) is 0 Å². The van der Waals surface area contributed by atoms with E-state index in [1.54, 1.807) is 0 Å². The zero-order valence-electron chi connectivity index (χ0n) is 11.6. The van der Waals surface area contributed by atoms with Gasteiger partial charge in [0.05, 0.1) is 0 Å². The molecule has 0 aliphatic carbocycles. The maximum Gasteiger partial charge on any atom is 0.214 e. The molecular weight excluding hydrogens is 260 g/mol. The first-order chi connectivity index (χ1) is 9.10. The molecule has 19 heavy (non-hydrogen) atoms. The summed E-state index contributed by atoms with van der Waals surface area (Å²) in [6, 6.07) is 0. The van der Waals surface area contributed by atoms with E-state index >= 15 is 0 Å². The Morgan fingerprint density at radius 2 is 1.95 bits per heavy atom.